The Kier molecular flexibility index (Phi) is 7.17. The predicted octanol–water partition coefficient (Wildman–Crippen LogP) is 3.55. The van der Waals surface area contributed by atoms with Crippen molar-refractivity contribution in [3.05, 3.63) is 35.4 Å². The number of nitrogens with one attached hydrogen (secondary N) is 1. The average Bonchev–Trinajstić information content (AvgIpc) is 3.19. The van der Waals surface area contributed by atoms with Crippen LogP contribution < -0.4 is 5.32 Å². The second-order valence-electron chi connectivity index (χ2n) is 9.24. The van der Waals surface area contributed by atoms with E-state index in [0.29, 0.717) is 19.6 Å². The van der Waals surface area contributed by atoms with E-state index in [9.17, 15) is 9.59 Å². The summed E-state index contributed by atoms with van der Waals surface area (Å²) < 4.78 is 5.46. The minimum absolute atomic E-state index is 0.0224. The maximum Gasteiger partial charge on any atom is 0.410 e. The molecule has 1 unspecified atom stereocenters. The van der Waals surface area contributed by atoms with E-state index in [1.807, 2.05) is 26.8 Å². The summed E-state index contributed by atoms with van der Waals surface area (Å²) in [6.45, 7) is 10.4. The molecule has 2 amide bonds. The number of carbonyl (C=O) groups excluding carboxylic acids is 2. The minimum atomic E-state index is -0.522. The zero-order chi connectivity index (χ0) is 20.9. The van der Waals surface area contributed by atoms with E-state index in [1.54, 1.807) is 4.90 Å². The average molecular weight is 402 g/mol. The Morgan fingerprint density at radius 3 is 2.45 bits per heavy atom. The Hall–Kier alpha value is -2.08. The fourth-order valence-electron chi connectivity index (χ4n) is 4.08. The van der Waals surface area contributed by atoms with Crippen LogP contribution in [0.4, 0.5) is 4.79 Å². The molecule has 0 aliphatic carbocycles. The third-order valence-electron chi connectivity index (χ3n) is 5.61. The van der Waals surface area contributed by atoms with Crippen molar-refractivity contribution in [1.29, 1.82) is 0 Å². The number of benzene rings is 1. The number of likely N-dealkylation sites (tertiary alicyclic amines) is 2. The molecule has 29 heavy (non-hydrogen) atoms. The van der Waals surface area contributed by atoms with Crippen LogP contribution in [0.15, 0.2) is 24.3 Å². The van der Waals surface area contributed by atoms with E-state index in [1.165, 1.54) is 24.0 Å². The molecule has 1 atom stereocenters. The third kappa shape index (κ3) is 6.46. The molecule has 0 bridgehead atoms. The smallest absolute Gasteiger partial charge is 0.410 e. The molecule has 0 spiro atoms. The number of rotatable bonds is 5. The molecular formula is C23H35N3O3. The van der Waals surface area contributed by atoms with Crippen LogP contribution in [-0.4, -0.2) is 53.6 Å². The van der Waals surface area contributed by atoms with Crippen LogP contribution in [-0.2, 0) is 22.6 Å². The third-order valence-corrected chi connectivity index (χ3v) is 5.61. The lowest BCUT2D eigenvalue weighted by molar-refractivity contribution is -0.126. The second kappa shape index (κ2) is 9.61. The van der Waals surface area contributed by atoms with Crippen molar-refractivity contribution >= 4 is 12.0 Å². The predicted molar refractivity (Wildman–Crippen MR) is 113 cm³/mol. The molecule has 2 fully saturated rings. The molecule has 1 N–H and O–H groups in total. The highest BCUT2D eigenvalue weighted by Gasteiger charge is 2.31. The van der Waals surface area contributed by atoms with Gasteiger partial charge in [-0.2, -0.15) is 0 Å². The number of amides is 2. The number of piperidine rings is 1. The number of hydrogen-bond donors (Lipinski definition) is 1. The van der Waals surface area contributed by atoms with Crippen LogP contribution in [0.5, 0.6) is 0 Å². The van der Waals surface area contributed by atoms with Crippen molar-refractivity contribution in [3.63, 3.8) is 0 Å². The molecule has 0 saturated carbocycles. The molecule has 2 aliphatic rings. The van der Waals surface area contributed by atoms with E-state index >= 15 is 0 Å². The first-order valence-electron chi connectivity index (χ1n) is 10.9. The van der Waals surface area contributed by atoms with Gasteiger partial charge in [0.2, 0.25) is 5.91 Å². The Morgan fingerprint density at radius 2 is 1.76 bits per heavy atom. The van der Waals surface area contributed by atoms with Gasteiger partial charge in [0.25, 0.3) is 0 Å². The first kappa shape index (κ1) is 21.6. The van der Waals surface area contributed by atoms with Gasteiger partial charge in [-0.05, 0) is 70.7 Å². The molecular weight excluding hydrogens is 366 g/mol. The van der Waals surface area contributed by atoms with Crippen molar-refractivity contribution in [1.82, 2.24) is 15.1 Å². The molecule has 1 aromatic carbocycles. The quantitative estimate of drug-likeness (QED) is 0.820. The van der Waals surface area contributed by atoms with Gasteiger partial charge in [0, 0.05) is 26.2 Å². The molecule has 3 rings (SSSR count). The summed E-state index contributed by atoms with van der Waals surface area (Å²) in [5.74, 6) is -0.156. The number of ether oxygens (including phenoxy) is 1. The van der Waals surface area contributed by atoms with E-state index in [0.717, 1.165) is 32.5 Å². The Morgan fingerprint density at radius 1 is 1.07 bits per heavy atom. The maximum absolute atomic E-state index is 12.8. The van der Waals surface area contributed by atoms with E-state index in [-0.39, 0.29) is 17.9 Å². The van der Waals surface area contributed by atoms with Gasteiger partial charge in [0.15, 0.2) is 0 Å². The highest BCUT2D eigenvalue weighted by Crippen LogP contribution is 2.20. The van der Waals surface area contributed by atoms with Crippen molar-refractivity contribution in [2.24, 2.45) is 5.92 Å². The Balaban J connectivity index is 1.53. The lowest BCUT2D eigenvalue weighted by Crippen LogP contribution is -2.47. The largest absolute Gasteiger partial charge is 0.444 e. The van der Waals surface area contributed by atoms with Crippen LogP contribution in [0.1, 0.15) is 57.6 Å². The minimum Gasteiger partial charge on any atom is -0.444 e. The van der Waals surface area contributed by atoms with Gasteiger partial charge in [-0.1, -0.05) is 24.3 Å². The Labute approximate surface area is 174 Å². The fraction of sp³-hybridized carbons (Fsp3) is 0.652. The topological polar surface area (TPSA) is 61.9 Å². The standard InChI is InChI=1S/C23H35N3O3/c1-23(2,3)29-22(28)26-14-8-11-20(17-26)21(27)24-15-18-9-4-5-10-19(18)16-25-12-6-7-13-25/h4-5,9-10,20H,6-8,11-17H2,1-3H3,(H,24,27). The number of nitrogens with zero attached hydrogens (tertiary/aromatic N) is 2. The lowest BCUT2D eigenvalue weighted by Gasteiger charge is -2.33. The molecule has 6 nitrogen and oxygen atoms in total. The fourth-order valence-corrected chi connectivity index (χ4v) is 4.08. The summed E-state index contributed by atoms with van der Waals surface area (Å²) >= 11 is 0. The van der Waals surface area contributed by atoms with E-state index in [2.05, 4.69) is 28.4 Å². The van der Waals surface area contributed by atoms with Crippen LogP contribution in [0.25, 0.3) is 0 Å². The monoisotopic (exact) mass is 401 g/mol. The van der Waals surface area contributed by atoms with Gasteiger partial charge in [-0.15, -0.1) is 0 Å². The zero-order valence-electron chi connectivity index (χ0n) is 18.1. The maximum atomic E-state index is 12.8. The van der Waals surface area contributed by atoms with Crippen LogP contribution >= 0.6 is 0 Å². The SMILES string of the molecule is CC(C)(C)OC(=O)N1CCCC(C(=O)NCc2ccccc2CN2CCCC2)C1. The Bertz CT molecular complexity index is 708. The van der Waals surface area contributed by atoms with Gasteiger partial charge in [0.1, 0.15) is 5.60 Å². The molecule has 0 radical (unpaired) electrons. The summed E-state index contributed by atoms with van der Waals surface area (Å²) in [4.78, 5) is 29.3. The highest BCUT2D eigenvalue weighted by molar-refractivity contribution is 5.80. The molecule has 1 aromatic rings. The number of carbonyl (C=O) groups is 2. The molecule has 2 heterocycles. The van der Waals surface area contributed by atoms with Crippen molar-refractivity contribution in [2.45, 2.75) is 65.1 Å². The summed E-state index contributed by atoms with van der Waals surface area (Å²) in [5, 5.41) is 3.11. The van der Waals surface area contributed by atoms with Gasteiger partial charge in [0.05, 0.1) is 5.92 Å². The van der Waals surface area contributed by atoms with E-state index in [4.69, 9.17) is 4.74 Å². The summed E-state index contributed by atoms with van der Waals surface area (Å²) in [5.41, 5.74) is 1.94. The molecule has 6 heteroatoms. The highest BCUT2D eigenvalue weighted by atomic mass is 16.6. The van der Waals surface area contributed by atoms with Crippen molar-refractivity contribution in [3.8, 4) is 0 Å². The van der Waals surface area contributed by atoms with Gasteiger partial charge < -0.3 is 15.0 Å². The van der Waals surface area contributed by atoms with Crippen LogP contribution in [0.3, 0.4) is 0 Å². The molecule has 0 aromatic heterocycles. The summed E-state index contributed by atoms with van der Waals surface area (Å²) in [7, 11) is 0. The first-order valence-corrected chi connectivity index (χ1v) is 10.9. The summed E-state index contributed by atoms with van der Waals surface area (Å²) in [6, 6.07) is 8.35. The second-order valence-corrected chi connectivity index (χ2v) is 9.24. The first-order chi connectivity index (χ1) is 13.8. The van der Waals surface area contributed by atoms with Crippen LogP contribution in [0, 0.1) is 5.92 Å². The van der Waals surface area contributed by atoms with Crippen molar-refractivity contribution < 1.29 is 14.3 Å². The zero-order valence-corrected chi connectivity index (χ0v) is 18.1. The van der Waals surface area contributed by atoms with Gasteiger partial charge >= 0.3 is 6.09 Å². The lowest BCUT2D eigenvalue weighted by atomic mass is 9.97. The van der Waals surface area contributed by atoms with Gasteiger partial charge in [-0.3, -0.25) is 9.69 Å². The van der Waals surface area contributed by atoms with Crippen LogP contribution in [0.2, 0.25) is 0 Å². The van der Waals surface area contributed by atoms with Gasteiger partial charge in [-0.25, -0.2) is 4.79 Å². The van der Waals surface area contributed by atoms with Crippen molar-refractivity contribution in [2.75, 3.05) is 26.2 Å². The summed E-state index contributed by atoms with van der Waals surface area (Å²) in [6.07, 6.45) is 3.85. The molecule has 2 saturated heterocycles. The van der Waals surface area contributed by atoms with E-state index < -0.39 is 5.60 Å². The molecule has 160 valence electrons. The normalized spacial score (nSPS) is 20.5. The number of hydrogen-bond acceptors (Lipinski definition) is 4. The molecule has 2 aliphatic heterocycles.